The van der Waals surface area contributed by atoms with Crippen molar-refractivity contribution < 1.29 is 14.3 Å². The van der Waals surface area contributed by atoms with Gasteiger partial charge in [-0.3, -0.25) is 14.5 Å². The third-order valence-corrected chi connectivity index (χ3v) is 6.27. The Bertz CT molecular complexity index is 1180. The number of nitrogens with zero attached hydrogens (tertiary/aromatic N) is 4. The summed E-state index contributed by atoms with van der Waals surface area (Å²) in [5.41, 5.74) is 2.86. The van der Waals surface area contributed by atoms with Crippen LogP contribution in [0.1, 0.15) is 22.7 Å². The Morgan fingerprint density at radius 1 is 0.917 bits per heavy atom. The fourth-order valence-electron chi connectivity index (χ4n) is 4.29. The molecule has 1 fully saturated rings. The van der Waals surface area contributed by atoms with E-state index in [1.54, 1.807) is 11.0 Å². The summed E-state index contributed by atoms with van der Waals surface area (Å²) in [6.45, 7) is 2.06. The van der Waals surface area contributed by atoms with E-state index in [2.05, 4.69) is 34.5 Å². The van der Waals surface area contributed by atoms with E-state index < -0.39 is 5.91 Å². The number of rotatable bonds is 8. The van der Waals surface area contributed by atoms with Gasteiger partial charge in [0.25, 0.3) is 5.91 Å². The SMILES string of the molecule is N#Cc1cc(Cl)ccc1[N]C(=O)COCC(=O)N1CCN(C(c2ccccc2)c2ccccc2)CC1. The van der Waals surface area contributed by atoms with Crippen molar-refractivity contribution in [3.8, 4) is 6.07 Å². The van der Waals surface area contributed by atoms with Gasteiger partial charge in [0, 0.05) is 31.2 Å². The van der Waals surface area contributed by atoms with Gasteiger partial charge in [-0.25, -0.2) is 5.32 Å². The average molecular weight is 502 g/mol. The fourth-order valence-corrected chi connectivity index (χ4v) is 4.47. The van der Waals surface area contributed by atoms with E-state index in [-0.39, 0.29) is 36.4 Å². The van der Waals surface area contributed by atoms with Crippen LogP contribution in [-0.2, 0) is 14.3 Å². The normalized spacial score (nSPS) is 13.9. The first kappa shape index (κ1) is 25.4. The Kier molecular flexibility index (Phi) is 8.69. The second-order valence-corrected chi connectivity index (χ2v) is 8.85. The van der Waals surface area contributed by atoms with Crippen molar-refractivity contribution in [1.82, 2.24) is 15.1 Å². The zero-order valence-electron chi connectivity index (χ0n) is 19.7. The quantitative estimate of drug-likeness (QED) is 0.467. The van der Waals surface area contributed by atoms with Gasteiger partial charge in [-0.05, 0) is 29.3 Å². The van der Waals surface area contributed by atoms with E-state index >= 15 is 0 Å². The molecule has 1 aliphatic heterocycles. The average Bonchev–Trinajstić information content (AvgIpc) is 2.91. The number of halogens is 1. The van der Waals surface area contributed by atoms with E-state index in [1.807, 2.05) is 42.5 Å². The number of nitriles is 1. The van der Waals surface area contributed by atoms with E-state index in [0.717, 1.165) is 13.1 Å². The molecule has 3 aromatic carbocycles. The van der Waals surface area contributed by atoms with Gasteiger partial charge in [0.2, 0.25) is 5.91 Å². The van der Waals surface area contributed by atoms with Gasteiger partial charge >= 0.3 is 0 Å². The molecule has 0 bridgehead atoms. The minimum atomic E-state index is -0.569. The molecule has 36 heavy (non-hydrogen) atoms. The van der Waals surface area contributed by atoms with Crippen LogP contribution < -0.4 is 5.32 Å². The Labute approximate surface area is 215 Å². The van der Waals surface area contributed by atoms with Crippen molar-refractivity contribution in [3.63, 3.8) is 0 Å². The molecule has 1 heterocycles. The second kappa shape index (κ2) is 12.3. The summed E-state index contributed by atoms with van der Waals surface area (Å²) in [6.07, 6.45) is 0. The van der Waals surface area contributed by atoms with Crippen molar-refractivity contribution in [2.24, 2.45) is 0 Å². The largest absolute Gasteiger partial charge is 0.362 e. The van der Waals surface area contributed by atoms with Crippen LogP contribution in [0.5, 0.6) is 0 Å². The molecule has 3 aromatic rings. The van der Waals surface area contributed by atoms with Gasteiger partial charge in [0.15, 0.2) is 0 Å². The van der Waals surface area contributed by atoms with Gasteiger partial charge < -0.3 is 9.64 Å². The lowest BCUT2D eigenvalue weighted by molar-refractivity contribution is -0.139. The first-order chi connectivity index (χ1) is 17.5. The van der Waals surface area contributed by atoms with Crippen LogP contribution in [0.3, 0.4) is 0 Å². The van der Waals surface area contributed by atoms with E-state index in [1.165, 1.54) is 23.3 Å². The number of hydrogen-bond donors (Lipinski definition) is 0. The van der Waals surface area contributed by atoms with Crippen LogP contribution in [0, 0.1) is 11.3 Å². The van der Waals surface area contributed by atoms with Crippen LogP contribution in [0.15, 0.2) is 78.9 Å². The van der Waals surface area contributed by atoms with Crippen molar-refractivity contribution in [1.29, 1.82) is 5.26 Å². The molecule has 0 unspecified atom stereocenters. The van der Waals surface area contributed by atoms with E-state index in [4.69, 9.17) is 21.6 Å². The number of benzene rings is 3. The first-order valence-electron chi connectivity index (χ1n) is 11.7. The predicted octanol–water partition coefficient (Wildman–Crippen LogP) is 3.92. The molecule has 1 saturated heterocycles. The highest BCUT2D eigenvalue weighted by molar-refractivity contribution is 6.30. The van der Waals surface area contributed by atoms with Gasteiger partial charge in [-0.15, -0.1) is 0 Å². The Morgan fingerprint density at radius 3 is 2.11 bits per heavy atom. The molecule has 1 radical (unpaired) electrons. The molecule has 1 aliphatic rings. The maximum absolute atomic E-state index is 12.7. The summed E-state index contributed by atoms with van der Waals surface area (Å²) in [7, 11) is 0. The summed E-state index contributed by atoms with van der Waals surface area (Å²) >= 11 is 5.87. The summed E-state index contributed by atoms with van der Waals surface area (Å²) < 4.78 is 5.34. The smallest absolute Gasteiger partial charge is 0.272 e. The number of amides is 2. The standard InChI is InChI=1S/C28H26ClN4O3/c29-24-11-12-25(23(17-24)18-30)31-26(34)19-36-20-27(35)32-13-15-33(16-14-32)28(21-7-3-1-4-8-21)22-9-5-2-6-10-22/h1-12,17,28H,13-16,19-20H2. The topological polar surface area (TPSA) is 87.7 Å². The molecule has 2 amide bonds. The lowest BCUT2D eigenvalue weighted by Crippen LogP contribution is -2.50. The maximum atomic E-state index is 12.7. The number of ether oxygens (including phenoxy) is 1. The van der Waals surface area contributed by atoms with Gasteiger partial charge in [0.05, 0.1) is 17.3 Å². The van der Waals surface area contributed by atoms with E-state index in [9.17, 15) is 9.59 Å². The Balaban J connectivity index is 1.27. The third-order valence-electron chi connectivity index (χ3n) is 6.04. The molecule has 4 rings (SSSR count). The van der Waals surface area contributed by atoms with Crippen molar-refractivity contribution >= 4 is 29.1 Å². The lowest BCUT2D eigenvalue weighted by atomic mass is 9.96. The first-order valence-corrected chi connectivity index (χ1v) is 12.1. The molecule has 183 valence electrons. The molecule has 0 aliphatic carbocycles. The zero-order valence-corrected chi connectivity index (χ0v) is 20.5. The van der Waals surface area contributed by atoms with Crippen molar-refractivity contribution in [3.05, 3.63) is 101 Å². The van der Waals surface area contributed by atoms with Crippen LogP contribution in [0.2, 0.25) is 5.02 Å². The highest BCUT2D eigenvalue weighted by atomic mass is 35.5. The third kappa shape index (κ3) is 6.49. The molecule has 0 spiro atoms. The van der Waals surface area contributed by atoms with Crippen molar-refractivity contribution in [2.45, 2.75) is 6.04 Å². The minimum Gasteiger partial charge on any atom is -0.362 e. The Hall–Kier alpha value is -3.70. The Morgan fingerprint density at radius 2 is 1.53 bits per heavy atom. The highest BCUT2D eigenvalue weighted by Gasteiger charge is 2.28. The molecule has 8 heteroatoms. The highest BCUT2D eigenvalue weighted by Crippen LogP contribution is 2.29. The van der Waals surface area contributed by atoms with Crippen molar-refractivity contribution in [2.75, 3.05) is 39.4 Å². The second-order valence-electron chi connectivity index (χ2n) is 8.41. The fraction of sp³-hybridized carbons (Fsp3) is 0.250. The maximum Gasteiger partial charge on any atom is 0.272 e. The number of hydrogen-bond acceptors (Lipinski definition) is 5. The monoisotopic (exact) mass is 501 g/mol. The van der Waals surface area contributed by atoms with Gasteiger partial charge in [-0.2, -0.15) is 5.26 Å². The van der Waals surface area contributed by atoms with Gasteiger partial charge in [-0.1, -0.05) is 72.3 Å². The summed E-state index contributed by atoms with van der Waals surface area (Å²) in [5.74, 6) is -0.734. The molecule has 0 N–H and O–H groups in total. The lowest BCUT2D eigenvalue weighted by Gasteiger charge is -2.39. The number of piperazine rings is 1. The zero-order chi connectivity index (χ0) is 25.3. The van der Waals surface area contributed by atoms with Crippen LogP contribution >= 0.6 is 11.6 Å². The molecular weight excluding hydrogens is 476 g/mol. The van der Waals surface area contributed by atoms with Gasteiger partial charge in [0.1, 0.15) is 19.3 Å². The number of carbonyl (C=O) groups excluding carboxylic acids is 2. The molecular formula is C28H26ClN4O3. The summed E-state index contributed by atoms with van der Waals surface area (Å²) in [5, 5.41) is 13.4. The van der Waals surface area contributed by atoms with Crippen LogP contribution in [0.4, 0.5) is 5.69 Å². The number of carbonyl (C=O) groups is 2. The predicted molar refractivity (Wildman–Crippen MR) is 137 cm³/mol. The molecule has 0 saturated carbocycles. The summed E-state index contributed by atoms with van der Waals surface area (Å²) in [6, 6.07) is 27.3. The van der Waals surface area contributed by atoms with E-state index in [0.29, 0.717) is 18.1 Å². The minimum absolute atomic E-state index is 0.117. The molecule has 0 atom stereocenters. The van der Waals surface area contributed by atoms with Crippen LogP contribution in [0.25, 0.3) is 0 Å². The summed E-state index contributed by atoms with van der Waals surface area (Å²) in [4.78, 5) is 29.0. The molecule has 0 aromatic heterocycles. The molecule has 7 nitrogen and oxygen atoms in total. The van der Waals surface area contributed by atoms with Crippen LogP contribution in [-0.4, -0.2) is 61.0 Å².